The number of esters is 1. The van der Waals surface area contributed by atoms with Gasteiger partial charge in [0.1, 0.15) is 4.88 Å². The van der Waals surface area contributed by atoms with Gasteiger partial charge in [-0.15, -0.1) is 11.3 Å². The molecule has 5 nitrogen and oxygen atoms in total. The van der Waals surface area contributed by atoms with Crippen LogP contribution in [0.5, 0.6) is 0 Å². The van der Waals surface area contributed by atoms with Crippen LogP contribution in [0.1, 0.15) is 21.0 Å². The molecule has 17 heavy (non-hydrogen) atoms. The second kappa shape index (κ2) is 4.46. The van der Waals surface area contributed by atoms with Crippen LogP contribution < -0.4 is 4.90 Å². The summed E-state index contributed by atoms with van der Waals surface area (Å²) in [7, 11) is 1.31. The summed E-state index contributed by atoms with van der Waals surface area (Å²) in [6.07, 6.45) is -0.552. The Morgan fingerprint density at radius 1 is 1.65 bits per heavy atom. The van der Waals surface area contributed by atoms with Crippen LogP contribution in [0.25, 0.3) is 0 Å². The summed E-state index contributed by atoms with van der Waals surface area (Å²) in [6.45, 7) is 2.09. The molecule has 1 N–H and O–H groups in total. The molecule has 1 aromatic rings. The van der Waals surface area contributed by atoms with Gasteiger partial charge in [0.2, 0.25) is 5.91 Å². The summed E-state index contributed by atoms with van der Waals surface area (Å²) in [5, 5.41) is 9.45. The third-order valence-electron chi connectivity index (χ3n) is 2.60. The highest BCUT2D eigenvalue weighted by atomic mass is 32.1. The molecule has 1 fully saturated rings. The predicted octanol–water partition coefficient (Wildman–Crippen LogP) is 0.941. The van der Waals surface area contributed by atoms with Crippen LogP contribution in [0.3, 0.4) is 0 Å². The molecular weight excluding hydrogens is 242 g/mol. The molecule has 2 heterocycles. The molecule has 0 bridgehead atoms. The fourth-order valence-electron chi connectivity index (χ4n) is 1.86. The number of aliphatic hydroxyl groups is 1. The first kappa shape index (κ1) is 12.1. The molecule has 0 saturated carbocycles. The molecule has 92 valence electrons. The van der Waals surface area contributed by atoms with Crippen molar-refractivity contribution in [2.75, 3.05) is 18.6 Å². The van der Waals surface area contributed by atoms with E-state index < -0.39 is 12.1 Å². The third-order valence-corrected chi connectivity index (χ3v) is 3.62. The molecule has 0 aromatic carbocycles. The van der Waals surface area contributed by atoms with Crippen LogP contribution >= 0.6 is 11.3 Å². The Labute approximate surface area is 103 Å². The van der Waals surface area contributed by atoms with Gasteiger partial charge in [-0.1, -0.05) is 0 Å². The van der Waals surface area contributed by atoms with Crippen molar-refractivity contribution < 1.29 is 19.4 Å². The molecule has 6 heteroatoms. The van der Waals surface area contributed by atoms with Crippen LogP contribution in [0, 0.1) is 6.92 Å². The molecule has 1 unspecified atom stereocenters. The molecule has 1 amide bonds. The van der Waals surface area contributed by atoms with Crippen molar-refractivity contribution in [3.63, 3.8) is 0 Å². The first-order valence-corrected chi connectivity index (χ1v) is 6.01. The van der Waals surface area contributed by atoms with Gasteiger partial charge >= 0.3 is 5.97 Å². The minimum atomic E-state index is -0.659. The van der Waals surface area contributed by atoms with E-state index in [2.05, 4.69) is 4.74 Å². The molecule has 1 aromatic heterocycles. The van der Waals surface area contributed by atoms with Gasteiger partial charge in [-0.3, -0.25) is 4.79 Å². The minimum Gasteiger partial charge on any atom is -0.465 e. The van der Waals surface area contributed by atoms with E-state index in [4.69, 9.17) is 0 Å². The largest absolute Gasteiger partial charge is 0.465 e. The lowest BCUT2D eigenvalue weighted by atomic mass is 10.3. The van der Waals surface area contributed by atoms with E-state index in [-0.39, 0.29) is 18.9 Å². The van der Waals surface area contributed by atoms with Gasteiger partial charge in [-0.2, -0.15) is 0 Å². The van der Waals surface area contributed by atoms with Gasteiger partial charge in [0.25, 0.3) is 0 Å². The molecule has 1 aliphatic heterocycles. The molecule has 0 radical (unpaired) electrons. The Bertz CT molecular complexity index is 468. The van der Waals surface area contributed by atoms with E-state index in [9.17, 15) is 14.7 Å². The van der Waals surface area contributed by atoms with Crippen molar-refractivity contribution in [2.45, 2.75) is 19.4 Å². The number of methoxy groups -OCH3 is 1. The van der Waals surface area contributed by atoms with Gasteiger partial charge in [0.05, 0.1) is 31.9 Å². The van der Waals surface area contributed by atoms with Crippen molar-refractivity contribution in [1.29, 1.82) is 0 Å². The number of aryl methyl sites for hydroxylation is 1. The minimum absolute atomic E-state index is 0.107. The zero-order valence-electron chi connectivity index (χ0n) is 9.60. The van der Waals surface area contributed by atoms with Gasteiger partial charge in [-0.25, -0.2) is 4.79 Å². The third kappa shape index (κ3) is 2.18. The molecule has 1 atom stereocenters. The Kier molecular flexibility index (Phi) is 3.17. The van der Waals surface area contributed by atoms with Crippen LogP contribution in [0.4, 0.5) is 5.69 Å². The Hall–Kier alpha value is -1.40. The van der Waals surface area contributed by atoms with Gasteiger partial charge in [0, 0.05) is 4.88 Å². The standard InChI is InChI=1S/C11H13NO4S/c1-6-3-8(10(17-6)11(15)16-2)12-5-7(13)4-9(12)14/h3,7,13H,4-5H2,1-2H3. The van der Waals surface area contributed by atoms with Gasteiger partial charge in [0.15, 0.2) is 0 Å². The summed E-state index contributed by atoms with van der Waals surface area (Å²) < 4.78 is 4.68. The highest BCUT2D eigenvalue weighted by molar-refractivity contribution is 7.14. The maximum atomic E-state index is 11.7. The van der Waals surface area contributed by atoms with Crippen molar-refractivity contribution in [3.8, 4) is 0 Å². The second-order valence-corrected chi connectivity index (χ2v) is 5.18. The summed E-state index contributed by atoms with van der Waals surface area (Å²) in [4.78, 5) is 26.0. The molecule has 1 aliphatic rings. The van der Waals surface area contributed by atoms with Crippen LogP contribution in [0.2, 0.25) is 0 Å². The molecule has 1 saturated heterocycles. The number of β-amino-alcohol motifs (C(OH)–C–C–N with tert-alkyl or cyclic N) is 1. The lowest BCUT2D eigenvalue weighted by Crippen LogP contribution is -2.26. The average molecular weight is 255 g/mol. The first-order chi connectivity index (χ1) is 8.02. The predicted molar refractivity (Wildman–Crippen MR) is 63.4 cm³/mol. The van der Waals surface area contributed by atoms with Crippen molar-refractivity contribution in [1.82, 2.24) is 0 Å². The molecule has 0 spiro atoms. The number of nitrogens with zero attached hydrogens (tertiary/aromatic N) is 1. The van der Waals surface area contributed by atoms with E-state index in [1.807, 2.05) is 6.92 Å². The van der Waals surface area contributed by atoms with E-state index in [1.54, 1.807) is 6.07 Å². The van der Waals surface area contributed by atoms with Gasteiger partial charge < -0.3 is 14.7 Å². The lowest BCUT2D eigenvalue weighted by molar-refractivity contribution is -0.117. The van der Waals surface area contributed by atoms with E-state index in [1.165, 1.54) is 23.3 Å². The lowest BCUT2D eigenvalue weighted by Gasteiger charge is -2.15. The fraction of sp³-hybridized carbons (Fsp3) is 0.455. The number of thiophene rings is 1. The number of rotatable bonds is 2. The number of carbonyl (C=O) groups excluding carboxylic acids is 2. The number of carbonyl (C=O) groups is 2. The number of hydrogen-bond acceptors (Lipinski definition) is 5. The highest BCUT2D eigenvalue weighted by Gasteiger charge is 2.32. The zero-order valence-corrected chi connectivity index (χ0v) is 10.4. The monoisotopic (exact) mass is 255 g/mol. The van der Waals surface area contributed by atoms with Crippen molar-refractivity contribution >= 4 is 28.9 Å². The van der Waals surface area contributed by atoms with Crippen molar-refractivity contribution in [3.05, 3.63) is 15.8 Å². The van der Waals surface area contributed by atoms with Crippen LogP contribution in [-0.2, 0) is 9.53 Å². The first-order valence-electron chi connectivity index (χ1n) is 5.20. The molecule has 2 rings (SSSR count). The molecular formula is C11H13NO4S. The SMILES string of the molecule is COC(=O)c1sc(C)cc1N1CC(O)CC1=O. The highest BCUT2D eigenvalue weighted by Crippen LogP contribution is 2.33. The Balaban J connectivity index is 2.38. The normalized spacial score (nSPS) is 19.8. The van der Waals surface area contributed by atoms with Crippen LogP contribution in [0.15, 0.2) is 6.07 Å². The van der Waals surface area contributed by atoms with E-state index >= 15 is 0 Å². The Morgan fingerprint density at radius 3 is 2.88 bits per heavy atom. The number of aliphatic hydroxyl groups excluding tert-OH is 1. The van der Waals surface area contributed by atoms with Gasteiger partial charge in [-0.05, 0) is 13.0 Å². The number of ether oxygens (including phenoxy) is 1. The summed E-state index contributed by atoms with van der Waals surface area (Å²) in [5.74, 6) is -0.618. The summed E-state index contributed by atoms with van der Waals surface area (Å²) in [6, 6.07) is 1.77. The topological polar surface area (TPSA) is 66.8 Å². The average Bonchev–Trinajstić information content (AvgIpc) is 2.80. The Morgan fingerprint density at radius 2 is 2.35 bits per heavy atom. The summed E-state index contributed by atoms with van der Waals surface area (Å²) >= 11 is 1.29. The van der Waals surface area contributed by atoms with E-state index in [0.717, 1.165) is 4.88 Å². The summed E-state index contributed by atoms with van der Waals surface area (Å²) in [5.41, 5.74) is 0.543. The van der Waals surface area contributed by atoms with Crippen molar-refractivity contribution in [2.24, 2.45) is 0 Å². The fourth-order valence-corrected chi connectivity index (χ4v) is 2.79. The van der Waals surface area contributed by atoms with Crippen LogP contribution in [-0.4, -0.2) is 36.7 Å². The smallest absolute Gasteiger partial charge is 0.350 e. The quantitative estimate of drug-likeness (QED) is 0.799. The number of amides is 1. The molecule has 0 aliphatic carbocycles. The van der Waals surface area contributed by atoms with E-state index in [0.29, 0.717) is 10.6 Å². The zero-order chi connectivity index (χ0) is 12.6. The maximum absolute atomic E-state index is 11.7. The maximum Gasteiger partial charge on any atom is 0.350 e. The number of hydrogen-bond donors (Lipinski definition) is 1. The second-order valence-electron chi connectivity index (χ2n) is 3.93. The number of anilines is 1.